The van der Waals surface area contributed by atoms with Crippen molar-refractivity contribution >= 4 is 22.5 Å². The Hall–Kier alpha value is -1.84. The highest BCUT2D eigenvalue weighted by Crippen LogP contribution is 2.31. The zero-order valence-corrected chi connectivity index (χ0v) is 12.4. The number of aliphatic hydroxyl groups is 1. The Bertz CT molecular complexity index is 768. The van der Waals surface area contributed by atoms with Crippen LogP contribution in [0.15, 0.2) is 65.6 Å². The van der Waals surface area contributed by atoms with E-state index in [1.54, 1.807) is 30.0 Å². The summed E-state index contributed by atoms with van der Waals surface area (Å²) in [7, 11) is 0. The Morgan fingerprint density at radius 2 is 1.57 bits per heavy atom. The Kier molecular flexibility index (Phi) is 3.95. The molecule has 3 rings (SSSR count). The highest BCUT2D eigenvalue weighted by Gasteiger charge is 2.15. The van der Waals surface area contributed by atoms with E-state index in [-0.39, 0.29) is 5.82 Å². The molecule has 0 aliphatic heterocycles. The van der Waals surface area contributed by atoms with E-state index in [2.05, 4.69) is 0 Å². The van der Waals surface area contributed by atoms with E-state index in [1.165, 1.54) is 6.07 Å². The quantitative estimate of drug-likeness (QED) is 0.702. The number of halogens is 1. The van der Waals surface area contributed by atoms with Crippen LogP contribution in [0, 0.1) is 5.82 Å². The van der Waals surface area contributed by atoms with Gasteiger partial charge in [-0.3, -0.25) is 0 Å². The molecule has 3 heteroatoms. The average molecular weight is 298 g/mol. The molecule has 3 aromatic rings. The largest absolute Gasteiger partial charge is 0.384 e. The zero-order chi connectivity index (χ0) is 14.8. The predicted octanol–water partition coefficient (Wildman–Crippen LogP) is 4.78. The normalized spacial score (nSPS) is 12.5. The van der Waals surface area contributed by atoms with E-state index in [0.717, 1.165) is 21.4 Å². The summed E-state index contributed by atoms with van der Waals surface area (Å²) in [6, 6.07) is 18.1. The van der Waals surface area contributed by atoms with Gasteiger partial charge in [0.1, 0.15) is 11.9 Å². The number of hydrogen-bond acceptors (Lipinski definition) is 2. The maximum atomic E-state index is 13.8. The minimum Gasteiger partial charge on any atom is -0.384 e. The summed E-state index contributed by atoms with van der Waals surface area (Å²) in [5.74, 6) is -0.265. The van der Waals surface area contributed by atoms with Crippen LogP contribution in [0.3, 0.4) is 0 Å². The lowest BCUT2D eigenvalue weighted by molar-refractivity contribution is 0.222. The van der Waals surface area contributed by atoms with Crippen LogP contribution < -0.4 is 0 Å². The molecule has 0 saturated carbocycles. The SMILES string of the molecule is CSc1ccc(C(O)c2ccc(F)c3ccccc23)cc1. The molecular formula is C18H15FOS. The summed E-state index contributed by atoms with van der Waals surface area (Å²) >= 11 is 1.66. The van der Waals surface area contributed by atoms with Gasteiger partial charge in [0.15, 0.2) is 0 Å². The van der Waals surface area contributed by atoms with E-state index in [9.17, 15) is 9.50 Å². The second-order valence-electron chi connectivity index (χ2n) is 4.86. The first kappa shape index (κ1) is 14.1. The van der Waals surface area contributed by atoms with Gasteiger partial charge in [0.25, 0.3) is 0 Å². The molecule has 1 atom stereocenters. The molecule has 1 N–H and O–H groups in total. The molecule has 0 radical (unpaired) electrons. The number of thioether (sulfide) groups is 1. The summed E-state index contributed by atoms with van der Waals surface area (Å²) in [5, 5.41) is 11.9. The molecule has 3 aromatic carbocycles. The summed E-state index contributed by atoms with van der Waals surface area (Å²) in [6.45, 7) is 0. The van der Waals surface area contributed by atoms with Gasteiger partial charge in [-0.1, -0.05) is 42.5 Å². The van der Waals surface area contributed by atoms with E-state index < -0.39 is 6.10 Å². The van der Waals surface area contributed by atoms with Gasteiger partial charge in [-0.15, -0.1) is 11.8 Å². The van der Waals surface area contributed by atoms with Gasteiger partial charge in [0, 0.05) is 10.3 Å². The van der Waals surface area contributed by atoms with Crippen LogP contribution in [0.2, 0.25) is 0 Å². The van der Waals surface area contributed by atoms with Gasteiger partial charge in [-0.05, 0) is 41.0 Å². The Labute approximate surface area is 127 Å². The lowest BCUT2D eigenvalue weighted by Crippen LogP contribution is -2.01. The number of fused-ring (bicyclic) bond motifs is 1. The molecule has 0 fully saturated rings. The van der Waals surface area contributed by atoms with Gasteiger partial charge in [0.2, 0.25) is 0 Å². The molecule has 21 heavy (non-hydrogen) atoms. The first-order chi connectivity index (χ1) is 10.2. The highest BCUT2D eigenvalue weighted by atomic mass is 32.2. The lowest BCUT2D eigenvalue weighted by Gasteiger charge is -2.15. The molecule has 0 aliphatic carbocycles. The molecule has 0 aliphatic rings. The maximum Gasteiger partial charge on any atom is 0.131 e. The topological polar surface area (TPSA) is 20.2 Å². The monoisotopic (exact) mass is 298 g/mol. The first-order valence-electron chi connectivity index (χ1n) is 6.70. The number of benzene rings is 3. The third kappa shape index (κ3) is 2.67. The summed E-state index contributed by atoms with van der Waals surface area (Å²) in [6.07, 6.45) is 1.25. The van der Waals surface area contributed by atoms with Crippen molar-refractivity contribution in [2.45, 2.75) is 11.0 Å². The van der Waals surface area contributed by atoms with Crippen LogP contribution in [-0.4, -0.2) is 11.4 Å². The van der Waals surface area contributed by atoms with Crippen molar-refractivity contribution in [3.05, 3.63) is 77.6 Å². The fourth-order valence-electron chi connectivity index (χ4n) is 2.49. The van der Waals surface area contributed by atoms with E-state index in [1.807, 2.05) is 42.7 Å². The summed E-state index contributed by atoms with van der Waals surface area (Å²) in [5.41, 5.74) is 1.54. The van der Waals surface area contributed by atoms with Gasteiger partial charge in [0.05, 0.1) is 0 Å². The zero-order valence-electron chi connectivity index (χ0n) is 11.6. The third-order valence-electron chi connectivity index (χ3n) is 3.63. The molecular weight excluding hydrogens is 283 g/mol. The van der Waals surface area contributed by atoms with Gasteiger partial charge in [-0.2, -0.15) is 0 Å². The van der Waals surface area contributed by atoms with Gasteiger partial charge >= 0.3 is 0 Å². The Balaban J connectivity index is 2.08. The standard InChI is InChI=1S/C18H15FOS/c1-21-13-8-6-12(7-9-13)18(20)16-10-11-17(19)15-5-3-2-4-14(15)16/h2-11,18,20H,1H3. The summed E-state index contributed by atoms with van der Waals surface area (Å²) in [4.78, 5) is 1.15. The molecule has 0 heterocycles. The molecule has 0 saturated heterocycles. The average Bonchev–Trinajstić information content (AvgIpc) is 2.55. The van der Waals surface area contributed by atoms with Crippen LogP contribution >= 0.6 is 11.8 Å². The second kappa shape index (κ2) is 5.88. The number of rotatable bonds is 3. The fraction of sp³-hybridized carbons (Fsp3) is 0.111. The second-order valence-corrected chi connectivity index (χ2v) is 5.74. The van der Waals surface area contributed by atoms with Crippen LogP contribution in [0.25, 0.3) is 10.8 Å². The van der Waals surface area contributed by atoms with Crippen LogP contribution in [0.4, 0.5) is 4.39 Å². The van der Waals surface area contributed by atoms with Crippen LogP contribution in [0.5, 0.6) is 0 Å². The van der Waals surface area contributed by atoms with Crippen molar-refractivity contribution in [3.8, 4) is 0 Å². The number of aliphatic hydroxyl groups excluding tert-OH is 1. The molecule has 0 amide bonds. The first-order valence-corrected chi connectivity index (χ1v) is 7.92. The third-order valence-corrected chi connectivity index (χ3v) is 4.37. The van der Waals surface area contributed by atoms with Crippen molar-refractivity contribution in [1.82, 2.24) is 0 Å². The van der Waals surface area contributed by atoms with Crippen LogP contribution in [0.1, 0.15) is 17.2 Å². The smallest absolute Gasteiger partial charge is 0.131 e. The number of hydrogen-bond donors (Lipinski definition) is 1. The van der Waals surface area contributed by atoms with Crippen molar-refractivity contribution in [2.75, 3.05) is 6.26 Å². The van der Waals surface area contributed by atoms with Crippen LogP contribution in [-0.2, 0) is 0 Å². The molecule has 0 bridgehead atoms. The maximum absolute atomic E-state index is 13.8. The minimum atomic E-state index is -0.758. The lowest BCUT2D eigenvalue weighted by atomic mass is 9.96. The van der Waals surface area contributed by atoms with E-state index in [4.69, 9.17) is 0 Å². The highest BCUT2D eigenvalue weighted by molar-refractivity contribution is 7.98. The molecule has 1 unspecified atom stereocenters. The van der Waals surface area contributed by atoms with Crippen molar-refractivity contribution in [2.24, 2.45) is 0 Å². The Morgan fingerprint density at radius 3 is 2.24 bits per heavy atom. The van der Waals surface area contributed by atoms with E-state index in [0.29, 0.717) is 5.39 Å². The predicted molar refractivity (Wildman–Crippen MR) is 86.2 cm³/mol. The molecule has 0 spiro atoms. The van der Waals surface area contributed by atoms with Crippen molar-refractivity contribution in [1.29, 1.82) is 0 Å². The van der Waals surface area contributed by atoms with Gasteiger partial charge < -0.3 is 5.11 Å². The molecule has 1 nitrogen and oxygen atoms in total. The minimum absolute atomic E-state index is 0.265. The Morgan fingerprint density at radius 1 is 0.905 bits per heavy atom. The molecule has 0 aromatic heterocycles. The summed E-state index contributed by atoms with van der Waals surface area (Å²) < 4.78 is 13.8. The molecule has 106 valence electrons. The fourth-order valence-corrected chi connectivity index (χ4v) is 2.90. The van der Waals surface area contributed by atoms with Crippen molar-refractivity contribution < 1.29 is 9.50 Å². The van der Waals surface area contributed by atoms with Crippen molar-refractivity contribution in [3.63, 3.8) is 0 Å². The van der Waals surface area contributed by atoms with E-state index >= 15 is 0 Å². The van der Waals surface area contributed by atoms with Gasteiger partial charge in [-0.25, -0.2) is 4.39 Å².